The molecule has 0 atom stereocenters. The monoisotopic (exact) mass is 249 g/mol. The molecule has 1 saturated heterocycles. The third-order valence-electron chi connectivity index (χ3n) is 2.44. The fraction of sp³-hybridized carbons (Fsp3) is 0.167. The SMILES string of the molecule is C/C(=C1/SC(=S)NC1=O)c1ccc(C)cc1. The van der Waals surface area contributed by atoms with Gasteiger partial charge in [0.15, 0.2) is 0 Å². The van der Waals surface area contributed by atoms with Gasteiger partial charge in [0.25, 0.3) is 5.91 Å². The summed E-state index contributed by atoms with van der Waals surface area (Å²) in [6.07, 6.45) is 0. The van der Waals surface area contributed by atoms with E-state index in [-0.39, 0.29) is 5.91 Å². The number of benzene rings is 1. The molecule has 0 unspecified atom stereocenters. The van der Waals surface area contributed by atoms with Crippen LogP contribution in [0, 0.1) is 6.92 Å². The maximum Gasteiger partial charge on any atom is 0.263 e. The average Bonchev–Trinajstić information content (AvgIpc) is 2.58. The first-order chi connectivity index (χ1) is 7.58. The van der Waals surface area contributed by atoms with Crippen molar-refractivity contribution in [2.24, 2.45) is 0 Å². The summed E-state index contributed by atoms with van der Waals surface area (Å²) in [5, 5.41) is 2.63. The van der Waals surface area contributed by atoms with Crippen molar-refractivity contribution in [1.82, 2.24) is 5.32 Å². The number of hydrogen-bond donors (Lipinski definition) is 1. The molecule has 1 heterocycles. The Balaban J connectivity index is 2.41. The number of hydrogen-bond acceptors (Lipinski definition) is 3. The first-order valence-corrected chi connectivity index (χ1v) is 6.11. The van der Waals surface area contributed by atoms with Gasteiger partial charge in [-0.3, -0.25) is 4.79 Å². The van der Waals surface area contributed by atoms with E-state index in [9.17, 15) is 4.79 Å². The lowest BCUT2D eigenvalue weighted by Crippen LogP contribution is -2.18. The van der Waals surface area contributed by atoms with Gasteiger partial charge in [-0.2, -0.15) is 0 Å². The van der Waals surface area contributed by atoms with E-state index >= 15 is 0 Å². The van der Waals surface area contributed by atoms with E-state index in [1.54, 1.807) is 0 Å². The van der Waals surface area contributed by atoms with Gasteiger partial charge in [0.2, 0.25) is 0 Å². The van der Waals surface area contributed by atoms with Crippen LogP contribution < -0.4 is 5.32 Å². The molecule has 1 aromatic rings. The van der Waals surface area contributed by atoms with Gasteiger partial charge in [-0.15, -0.1) is 0 Å². The maximum absolute atomic E-state index is 11.6. The minimum absolute atomic E-state index is 0.0897. The summed E-state index contributed by atoms with van der Waals surface area (Å²) in [6.45, 7) is 3.99. The van der Waals surface area contributed by atoms with Gasteiger partial charge in [-0.05, 0) is 25.0 Å². The molecule has 1 N–H and O–H groups in total. The van der Waals surface area contributed by atoms with E-state index in [1.165, 1.54) is 17.3 Å². The molecule has 1 aliphatic rings. The minimum Gasteiger partial charge on any atom is -0.307 e. The Kier molecular flexibility index (Phi) is 3.12. The Morgan fingerprint density at radius 1 is 1.31 bits per heavy atom. The van der Waals surface area contributed by atoms with Crippen molar-refractivity contribution >= 4 is 39.8 Å². The molecule has 1 aromatic carbocycles. The Labute approximate surface area is 104 Å². The molecular formula is C12H11NOS2. The van der Waals surface area contributed by atoms with Crippen molar-refractivity contribution in [2.45, 2.75) is 13.8 Å². The molecule has 2 nitrogen and oxygen atoms in total. The zero-order valence-electron chi connectivity index (χ0n) is 9.03. The minimum atomic E-state index is -0.0897. The van der Waals surface area contributed by atoms with Crippen LogP contribution in [0.15, 0.2) is 29.2 Å². The average molecular weight is 249 g/mol. The molecule has 16 heavy (non-hydrogen) atoms. The highest BCUT2D eigenvalue weighted by atomic mass is 32.2. The summed E-state index contributed by atoms with van der Waals surface area (Å²) >= 11 is 6.29. The highest BCUT2D eigenvalue weighted by Crippen LogP contribution is 2.31. The second-order valence-electron chi connectivity index (χ2n) is 3.66. The van der Waals surface area contributed by atoms with Crippen LogP contribution in [-0.2, 0) is 4.79 Å². The van der Waals surface area contributed by atoms with Gasteiger partial charge in [0.1, 0.15) is 4.32 Å². The van der Waals surface area contributed by atoms with Crippen LogP contribution in [0.25, 0.3) is 5.57 Å². The number of carbonyl (C=O) groups excluding carboxylic acids is 1. The van der Waals surface area contributed by atoms with Gasteiger partial charge < -0.3 is 5.32 Å². The number of nitrogens with one attached hydrogen (secondary N) is 1. The van der Waals surface area contributed by atoms with Crippen molar-refractivity contribution in [2.75, 3.05) is 0 Å². The number of carbonyl (C=O) groups is 1. The van der Waals surface area contributed by atoms with Crippen LogP contribution in [-0.4, -0.2) is 10.2 Å². The van der Waals surface area contributed by atoms with Crippen LogP contribution in [0.4, 0.5) is 0 Å². The predicted molar refractivity (Wildman–Crippen MR) is 72.1 cm³/mol. The molecule has 0 aromatic heterocycles. The number of thioether (sulfide) groups is 1. The number of allylic oxidation sites excluding steroid dienone is 1. The fourth-order valence-corrected chi connectivity index (χ4v) is 2.58. The van der Waals surface area contributed by atoms with Crippen LogP contribution in [0.5, 0.6) is 0 Å². The zero-order chi connectivity index (χ0) is 11.7. The van der Waals surface area contributed by atoms with Crippen LogP contribution in [0.1, 0.15) is 18.1 Å². The zero-order valence-corrected chi connectivity index (χ0v) is 10.7. The Bertz CT molecular complexity index is 488. The summed E-state index contributed by atoms with van der Waals surface area (Å²) in [5.41, 5.74) is 3.25. The smallest absolute Gasteiger partial charge is 0.263 e. The summed E-state index contributed by atoms with van der Waals surface area (Å²) in [6, 6.07) is 8.12. The van der Waals surface area contributed by atoms with Crippen LogP contribution >= 0.6 is 24.0 Å². The van der Waals surface area contributed by atoms with E-state index < -0.39 is 0 Å². The molecule has 1 fully saturated rings. The number of amides is 1. The molecule has 0 bridgehead atoms. The summed E-state index contributed by atoms with van der Waals surface area (Å²) in [5.74, 6) is -0.0897. The Morgan fingerprint density at radius 3 is 2.44 bits per heavy atom. The van der Waals surface area contributed by atoms with E-state index in [4.69, 9.17) is 12.2 Å². The normalized spacial score (nSPS) is 18.6. The van der Waals surface area contributed by atoms with E-state index in [2.05, 4.69) is 5.32 Å². The van der Waals surface area contributed by atoms with Crippen LogP contribution in [0.2, 0.25) is 0 Å². The first kappa shape index (κ1) is 11.4. The van der Waals surface area contributed by atoms with Crippen molar-refractivity contribution in [1.29, 1.82) is 0 Å². The van der Waals surface area contributed by atoms with Crippen molar-refractivity contribution in [3.63, 3.8) is 0 Å². The lowest BCUT2D eigenvalue weighted by molar-refractivity contribution is -0.115. The quantitative estimate of drug-likeness (QED) is 0.613. The second-order valence-corrected chi connectivity index (χ2v) is 5.35. The van der Waals surface area contributed by atoms with Crippen molar-refractivity contribution in [3.8, 4) is 0 Å². The van der Waals surface area contributed by atoms with Gasteiger partial charge in [-0.25, -0.2) is 0 Å². The standard InChI is InChI=1S/C12H11NOS2/c1-7-3-5-9(6-4-7)8(2)10-11(14)13-12(15)16-10/h3-6H,1-2H3,(H,13,14,15)/b10-8-. The lowest BCUT2D eigenvalue weighted by Gasteiger charge is -2.04. The van der Waals surface area contributed by atoms with E-state index in [0.717, 1.165) is 11.1 Å². The second kappa shape index (κ2) is 4.39. The highest BCUT2D eigenvalue weighted by molar-refractivity contribution is 8.26. The van der Waals surface area contributed by atoms with Gasteiger partial charge in [0, 0.05) is 0 Å². The predicted octanol–water partition coefficient (Wildman–Crippen LogP) is 2.87. The molecule has 2 rings (SSSR count). The third-order valence-corrected chi connectivity index (χ3v) is 3.78. The molecule has 0 saturated carbocycles. The fourth-order valence-electron chi connectivity index (χ4n) is 1.50. The Morgan fingerprint density at radius 2 is 1.94 bits per heavy atom. The highest BCUT2D eigenvalue weighted by Gasteiger charge is 2.24. The van der Waals surface area contributed by atoms with Crippen LogP contribution in [0.3, 0.4) is 0 Å². The molecule has 1 amide bonds. The van der Waals surface area contributed by atoms with Crippen molar-refractivity contribution < 1.29 is 4.79 Å². The summed E-state index contributed by atoms with van der Waals surface area (Å²) < 4.78 is 0.534. The molecule has 0 spiro atoms. The Hall–Kier alpha value is -1.13. The third kappa shape index (κ3) is 2.18. The molecule has 82 valence electrons. The summed E-state index contributed by atoms with van der Waals surface area (Å²) in [7, 11) is 0. The summed E-state index contributed by atoms with van der Waals surface area (Å²) in [4.78, 5) is 12.3. The lowest BCUT2D eigenvalue weighted by atomic mass is 10.1. The molecule has 1 aliphatic heterocycles. The largest absolute Gasteiger partial charge is 0.307 e. The number of aryl methyl sites for hydroxylation is 1. The molecule has 0 aliphatic carbocycles. The van der Waals surface area contributed by atoms with Crippen molar-refractivity contribution in [3.05, 3.63) is 40.3 Å². The maximum atomic E-state index is 11.6. The van der Waals surface area contributed by atoms with Gasteiger partial charge in [0.05, 0.1) is 4.91 Å². The van der Waals surface area contributed by atoms with Gasteiger partial charge >= 0.3 is 0 Å². The van der Waals surface area contributed by atoms with E-state index in [1.807, 2.05) is 38.1 Å². The molecule has 4 heteroatoms. The first-order valence-electron chi connectivity index (χ1n) is 4.89. The number of rotatable bonds is 1. The van der Waals surface area contributed by atoms with E-state index in [0.29, 0.717) is 9.23 Å². The number of thiocarbonyl (C=S) groups is 1. The molecular weight excluding hydrogens is 238 g/mol. The molecule has 0 radical (unpaired) electrons. The van der Waals surface area contributed by atoms with Gasteiger partial charge in [-0.1, -0.05) is 53.8 Å². The topological polar surface area (TPSA) is 29.1 Å².